The molecular formula is C13H23NO7S3. The van der Waals surface area contributed by atoms with Gasteiger partial charge in [0.25, 0.3) is 0 Å². The lowest BCUT2D eigenvalue weighted by atomic mass is 10.1. The van der Waals surface area contributed by atoms with Crippen LogP contribution in [0.3, 0.4) is 0 Å². The summed E-state index contributed by atoms with van der Waals surface area (Å²) in [5.41, 5.74) is 0. The monoisotopic (exact) mass is 401 g/mol. The van der Waals surface area contributed by atoms with Crippen molar-refractivity contribution in [3.8, 4) is 0 Å². The molecule has 0 aliphatic carbocycles. The average Bonchev–Trinajstić information content (AvgIpc) is 2.90. The Morgan fingerprint density at radius 2 is 1.96 bits per heavy atom. The Balaban J connectivity index is 2.04. The minimum absolute atomic E-state index is 0.357. The Labute approximate surface area is 152 Å². The largest absolute Gasteiger partial charge is 0.397 e. The van der Waals surface area contributed by atoms with Crippen molar-refractivity contribution < 1.29 is 31.4 Å². The second-order valence-corrected chi connectivity index (χ2v) is 8.58. The van der Waals surface area contributed by atoms with Gasteiger partial charge in [-0.2, -0.15) is 8.42 Å². The maximum Gasteiger partial charge on any atom is 0.397 e. The van der Waals surface area contributed by atoms with Gasteiger partial charge in [0.2, 0.25) is 0 Å². The molecule has 2 fully saturated rings. The van der Waals surface area contributed by atoms with Crippen LogP contribution in [0.1, 0.15) is 27.7 Å². The van der Waals surface area contributed by atoms with E-state index in [1.165, 1.54) is 11.8 Å². The maximum absolute atomic E-state index is 11.2. The molecule has 0 aromatic heterocycles. The summed E-state index contributed by atoms with van der Waals surface area (Å²) in [7, 11) is -4.65. The topological polar surface area (TPSA) is 94.5 Å². The molecule has 140 valence electrons. The lowest BCUT2D eigenvalue weighted by molar-refractivity contribution is -0.210. The number of thioether (sulfide) groups is 1. The summed E-state index contributed by atoms with van der Waals surface area (Å²) in [6.07, 6.45) is -3.13. The second-order valence-electron chi connectivity index (χ2n) is 5.88. The first-order chi connectivity index (χ1) is 11.1. The number of hydrogen-bond donors (Lipinski definition) is 1. The van der Waals surface area contributed by atoms with Crippen LogP contribution < -0.4 is 0 Å². The molecule has 11 heteroatoms. The second kappa shape index (κ2) is 7.70. The quantitative estimate of drug-likeness (QED) is 0.520. The zero-order chi connectivity index (χ0) is 18.1. The van der Waals surface area contributed by atoms with E-state index in [-0.39, 0.29) is 0 Å². The summed E-state index contributed by atoms with van der Waals surface area (Å²) in [6, 6.07) is 0. The molecule has 0 saturated carbocycles. The first-order valence-electron chi connectivity index (χ1n) is 7.64. The molecule has 0 aromatic carbocycles. The van der Waals surface area contributed by atoms with Crippen molar-refractivity contribution in [3.05, 3.63) is 0 Å². The number of ether oxygens (including phenoxy) is 3. The molecule has 8 nitrogen and oxygen atoms in total. The van der Waals surface area contributed by atoms with E-state index in [1.807, 2.05) is 18.7 Å². The van der Waals surface area contributed by atoms with Gasteiger partial charge < -0.3 is 19.1 Å². The number of hydrogen-bond acceptors (Lipinski definition) is 8. The molecule has 0 bridgehead atoms. The van der Waals surface area contributed by atoms with Gasteiger partial charge >= 0.3 is 10.4 Å². The predicted molar refractivity (Wildman–Crippen MR) is 93.1 cm³/mol. The van der Waals surface area contributed by atoms with Gasteiger partial charge in [-0.3, -0.25) is 4.55 Å². The Kier molecular flexibility index (Phi) is 6.52. The molecule has 2 aliphatic heterocycles. The Morgan fingerprint density at radius 1 is 1.33 bits per heavy atom. The van der Waals surface area contributed by atoms with Gasteiger partial charge in [0.15, 0.2) is 12.1 Å². The molecule has 2 saturated heterocycles. The predicted octanol–water partition coefficient (Wildman–Crippen LogP) is 1.41. The fourth-order valence-electron chi connectivity index (χ4n) is 2.66. The van der Waals surface area contributed by atoms with Crippen molar-refractivity contribution in [2.75, 3.05) is 18.8 Å². The van der Waals surface area contributed by atoms with Gasteiger partial charge in [-0.05, 0) is 27.7 Å². The van der Waals surface area contributed by atoms with E-state index >= 15 is 0 Å². The van der Waals surface area contributed by atoms with Crippen molar-refractivity contribution in [2.45, 2.75) is 58.1 Å². The third kappa shape index (κ3) is 5.01. The van der Waals surface area contributed by atoms with Crippen LogP contribution in [0.5, 0.6) is 0 Å². The first kappa shape index (κ1) is 20.3. The number of nitrogens with zero attached hydrogens (tertiary/aromatic N) is 1. The minimum Gasteiger partial charge on any atom is -0.358 e. The smallest absolute Gasteiger partial charge is 0.358 e. The molecule has 0 amide bonds. The van der Waals surface area contributed by atoms with Crippen LogP contribution in [0.25, 0.3) is 0 Å². The summed E-state index contributed by atoms with van der Waals surface area (Å²) >= 11 is 6.72. The van der Waals surface area contributed by atoms with E-state index in [4.69, 9.17) is 35.2 Å². The molecule has 1 N–H and O–H groups in total. The highest BCUT2D eigenvalue weighted by Gasteiger charge is 2.56. The van der Waals surface area contributed by atoms with Crippen molar-refractivity contribution >= 4 is 38.7 Å². The molecule has 0 aromatic rings. The molecule has 4 atom stereocenters. The van der Waals surface area contributed by atoms with Crippen LogP contribution in [0.4, 0.5) is 0 Å². The van der Waals surface area contributed by atoms with Crippen LogP contribution >= 0.6 is 24.0 Å². The van der Waals surface area contributed by atoms with E-state index in [2.05, 4.69) is 0 Å². The molecule has 24 heavy (non-hydrogen) atoms. The zero-order valence-electron chi connectivity index (χ0n) is 14.0. The van der Waals surface area contributed by atoms with E-state index < -0.39 is 40.8 Å². The first-order valence-corrected chi connectivity index (χ1v) is 10.4. The summed E-state index contributed by atoms with van der Waals surface area (Å²) in [5, 5.41) is 0. The van der Waals surface area contributed by atoms with Crippen LogP contribution in [-0.2, 0) is 28.8 Å². The molecule has 0 unspecified atom stereocenters. The highest BCUT2D eigenvalue weighted by Crippen LogP contribution is 2.40. The van der Waals surface area contributed by atoms with Crippen LogP contribution in [0.2, 0.25) is 0 Å². The lowest BCUT2D eigenvalue weighted by Crippen LogP contribution is -2.39. The zero-order valence-corrected chi connectivity index (χ0v) is 16.4. The van der Waals surface area contributed by atoms with Crippen LogP contribution in [0.15, 0.2) is 0 Å². The average molecular weight is 402 g/mol. The molecule has 2 rings (SSSR count). The summed E-state index contributed by atoms with van der Waals surface area (Å²) in [6.45, 7) is 8.95. The summed E-state index contributed by atoms with van der Waals surface area (Å²) < 4.78 is 53.8. The molecule has 0 radical (unpaired) electrons. The van der Waals surface area contributed by atoms with Crippen molar-refractivity contribution in [2.24, 2.45) is 0 Å². The molecule has 2 heterocycles. The Morgan fingerprint density at radius 3 is 2.50 bits per heavy atom. The normalized spacial score (nSPS) is 31.9. The summed E-state index contributed by atoms with van der Waals surface area (Å²) in [5.74, 6) is -0.555. The van der Waals surface area contributed by atoms with Crippen molar-refractivity contribution in [1.82, 2.24) is 4.90 Å². The van der Waals surface area contributed by atoms with E-state index in [9.17, 15) is 8.42 Å². The van der Waals surface area contributed by atoms with Gasteiger partial charge in [0.05, 0.1) is 0 Å². The van der Waals surface area contributed by atoms with Gasteiger partial charge in [0.1, 0.15) is 22.6 Å². The van der Waals surface area contributed by atoms with Gasteiger partial charge in [-0.15, -0.1) is 0 Å². The highest BCUT2D eigenvalue weighted by molar-refractivity contribution is 8.22. The SMILES string of the molecule is CCN(CC)C(=S)SC[C@H]1O[C@@H]2OC(C)(C)O[C@@H]2[C@H]1OS(=O)(=O)O. The lowest BCUT2D eigenvalue weighted by Gasteiger charge is -2.26. The fraction of sp³-hybridized carbons (Fsp3) is 0.923. The minimum atomic E-state index is -4.65. The molecule has 0 spiro atoms. The van der Waals surface area contributed by atoms with E-state index in [0.717, 1.165) is 13.1 Å². The van der Waals surface area contributed by atoms with Gasteiger partial charge in [0, 0.05) is 18.8 Å². The van der Waals surface area contributed by atoms with E-state index in [0.29, 0.717) is 10.1 Å². The third-order valence-electron chi connectivity index (χ3n) is 3.71. The molecule has 2 aliphatic rings. The fourth-order valence-corrected chi connectivity index (χ4v) is 4.66. The van der Waals surface area contributed by atoms with Gasteiger partial charge in [-0.1, -0.05) is 24.0 Å². The number of fused-ring (bicyclic) bond motifs is 1. The maximum atomic E-state index is 11.2. The highest BCUT2D eigenvalue weighted by atomic mass is 32.3. The third-order valence-corrected chi connectivity index (χ3v) is 5.79. The summed E-state index contributed by atoms with van der Waals surface area (Å²) in [4.78, 5) is 2.00. The molecular weight excluding hydrogens is 378 g/mol. The van der Waals surface area contributed by atoms with Crippen molar-refractivity contribution in [1.29, 1.82) is 0 Å². The van der Waals surface area contributed by atoms with Gasteiger partial charge in [-0.25, -0.2) is 4.18 Å². The Hall–Kier alpha value is -0.0100. The number of rotatable bonds is 6. The Bertz CT molecular complexity index is 564. The van der Waals surface area contributed by atoms with Crippen LogP contribution in [0, 0.1) is 0 Å². The van der Waals surface area contributed by atoms with E-state index in [1.54, 1.807) is 13.8 Å². The number of thiocarbonyl (C=S) groups is 1. The standard InChI is InChI=1S/C13H23NO7S3/c1-5-14(6-2)12(22)23-7-8-9(21-24(15,16)17)10-11(18-8)20-13(3,4)19-10/h8-11H,5-7H2,1-4H3,(H,15,16,17)/t8-,9+,10-,11-/m1/s1. The van der Waals surface area contributed by atoms with Crippen molar-refractivity contribution in [3.63, 3.8) is 0 Å². The van der Waals surface area contributed by atoms with Crippen LogP contribution in [-0.4, -0.2) is 71.4 Å².